The number of nitrogens with zero attached hydrogens (tertiary/aromatic N) is 2. The van der Waals surface area contributed by atoms with Gasteiger partial charge in [-0.2, -0.15) is 0 Å². The molecule has 0 bridgehead atoms. The van der Waals surface area contributed by atoms with E-state index >= 15 is 0 Å². The lowest BCUT2D eigenvalue weighted by molar-refractivity contribution is 0.0945. The van der Waals surface area contributed by atoms with Crippen molar-refractivity contribution < 1.29 is 9.53 Å². The van der Waals surface area contributed by atoms with Gasteiger partial charge in [-0.05, 0) is 32.0 Å². The van der Waals surface area contributed by atoms with E-state index in [0.29, 0.717) is 23.9 Å². The molecule has 0 aliphatic rings. The smallest absolute Gasteiger partial charge is 0.270 e. The zero-order valence-corrected chi connectivity index (χ0v) is 15.6. The molecule has 0 aliphatic heterocycles. The quantitative estimate of drug-likeness (QED) is 0.698. The Morgan fingerprint density at radius 2 is 1.78 bits per heavy atom. The number of para-hydroxylation sites is 1. The summed E-state index contributed by atoms with van der Waals surface area (Å²) in [5.74, 6) is 1.57. The summed E-state index contributed by atoms with van der Waals surface area (Å²) in [4.78, 5) is 21.2. The molecule has 138 valence electrons. The molecule has 6 heteroatoms. The Bertz CT molecular complexity index is 939. The number of aryl methyl sites for hydroxylation is 2. The highest BCUT2D eigenvalue weighted by atomic mass is 16.5. The monoisotopic (exact) mass is 362 g/mol. The van der Waals surface area contributed by atoms with Crippen LogP contribution in [0.25, 0.3) is 0 Å². The molecule has 0 aliphatic carbocycles. The lowest BCUT2D eigenvalue weighted by atomic mass is 10.2. The van der Waals surface area contributed by atoms with Crippen molar-refractivity contribution in [3.05, 3.63) is 77.2 Å². The molecule has 0 unspecified atom stereocenters. The van der Waals surface area contributed by atoms with E-state index in [1.165, 1.54) is 5.56 Å². The molecule has 0 radical (unpaired) electrons. The average Bonchev–Trinajstić information content (AvgIpc) is 2.67. The maximum absolute atomic E-state index is 12.5. The summed E-state index contributed by atoms with van der Waals surface area (Å²) in [6.45, 7) is 4.15. The van der Waals surface area contributed by atoms with Gasteiger partial charge in [0.25, 0.3) is 5.91 Å². The van der Waals surface area contributed by atoms with Crippen molar-refractivity contribution in [1.82, 2.24) is 15.3 Å². The zero-order chi connectivity index (χ0) is 19.2. The topological polar surface area (TPSA) is 76.1 Å². The lowest BCUT2D eigenvalue weighted by Gasteiger charge is -2.11. The Hall–Kier alpha value is -3.41. The van der Waals surface area contributed by atoms with Crippen molar-refractivity contribution in [2.75, 3.05) is 12.4 Å². The third kappa shape index (κ3) is 4.82. The van der Waals surface area contributed by atoms with Gasteiger partial charge in [-0.1, -0.05) is 35.9 Å². The predicted molar refractivity (Wildman–Crippen MR) is 105 cm³/mol. The number of anilines is 2. The van der Waals surface area contributed by atoms with E-state index in [-0.39, 0.29) is 5.91 Å². The number of hydrogen-bond donors (Lipinski definition) is 2. The van der Waals surface area contributed by atoms with E-state index in [4.69, 9.17) is 4.74 Å². The lowest BCUT2D eigenvalue weighted by Crippen LogP contribution is -2.24. The molecular formula is C21H22N4O2. The number of aromatic nitrogens is 2. The van der Waals surface area contributed by atoms with Crippen molar-refractivity contribution in [2.45, 2.75) is 20.4 Å². The molecule has 1 heterocycles. The fourth-order valence-electron chi connectivity index (χ4n) is 2.65. The second kappa shape index (κ2) is 8.31. The van der Waals surface area contributed by atoms with E-state index in [9.17, 15) is 4.79 Å². The minimum absolute atomic E-state index is 0.265. The number of carbonyl (C=O) groups is 1. The number of methoxy groups -OCH3 is 1. The van der Waals surface area contributed by atoms with E-state index < -0.39 is 0 Å². The first-order valence-electron chi connectivity index (χ1n) is 8.64. The SMILES string of the molecule is COc1ccccc1CNC(=O)c1cc(Nc2ccc(C)cc2)nc(C)n1. The van der Waals surface area contributed by atoms with Gasteiger partial charge in [-0.25, -0.2) is 9.97 Å². The molecule has 0 spiro atoms. The fourth-order valence-corrected chi connectivity index (χ4v) is 2.65. The Morgan fingerprint density at radius 3 is 2.52 bits per heavy atom. The molecule has 0 saturated carbocycles. The highest BCUT2D eigenvalue weighted by Crippen LogP contribution is 2.18. The molecule has 3 aromatic rings. The highest BCUT2D eigenvalue weighted by Gasteiger charge is 2.12. The van der Waals surface area contributed by atoms with Gasteiger partial charge in [0.1, 0.15) is 23.1 Å². The first kappa shape index (κ1) is 18.4. The van der Waals surface area contributed by atoms with E-state index in [1.807, 2.05) is 55.5 Å². The summed E-state index contributed by atoms with van der Waals surface area (Å²) < 4.78 is 5.31. The van der Waals surface area contributed by atoms with E-state index in [0.717, 1.165) is 17.0 Å². The van der Waals surface area contributed by atoms with Crippen molar-refractivity contribution >= 4 is 17.4 Å². The number of ether oxygens (including phenoxy) is 1. The second-order valence-electron chi connectivity index (χ2n) is 6.17. The number of hydrogen-bond acceptors (Lipinski definition) is 5. The summed E-state index contributed by atoms with van der Waals surface area (Å²) in [5, 5.41) is 6.09. The molecule has 0 saturated heterocycles. The second-order valence-corrected chi connectivity index (χ2v) is 6.17. The predicted octanol–water partition coefficient (Wildman–Crippen LogP) is 3.78. The Balaban J connectivity index is 1.73. The number of benzene rings is 2. The molecular weight excluding hydrogens is 340 g/mol. The minimum Gasteiger partial charge on any atom is -0.496 e. The standard InChI is InChI=1S/C21H22N4O2/c1-14-8-10-17(11-9-14)25-20-12-18(23-15(2)24-20)21(26)22-13-16-6-4-5-7-19(16)27-3/h4-12H,13H2,1-3H3,(H,22,26)(H,23,24,25). The van der Waals surface area contributed by atoms with Crippen LogP contribution in [0.2, 0.25) is 0 Å². The largest absolute Gasteiger partial charge is 0.496 e. The van der Waals surface area contributed by atoms with Crippen LogP contribution in [0, 0.1) is 13.8 Å². The van der Waals surface area contributed by atoms with Gasteiger partial charge in [0.2, 0.25) is 0 Å². The number of amides is 1. The molecule has 0 atom stereocenters. The zero-order valence-electron chi connectivity index (χ0n) is 15.6. The van der Waals surface area contributed by atoms with Gasteiger partial charge >= 0.3 is 0 Å². The number of carbonyl (C=O) groups excluding carboxylic acids is 1. The number of rotatable bonds is 6. The van der Waals surface area contributed by atoms with Gasteiger partial charge in [0.15, 0.2) is 0 Å². The van der Waals surface area contributed by atoms with Crippen LogP contribution in [-0.2, 0) is 6.54 Å². The van der Waals surface area contributed by atoms with Crippen LogP contribution >= 0.6 is 0 Å². The fraction of sp³-hybridized carbons (Fsp3) is 0.190. The van der Waals surface area contributed by atoms with Crippen LogP contribution in [0.5, 0.6) is 5.75 Å². The van der Waals surface area contributed by atoms with Gasteiger partial charge in [0, 0.05) is 23.9 Å². The molecule has 2 aromatic carbocycles. The molecule has 0 fully saturated rings. The first-order chi connectivity index (χ1) is 13.0. The van der Waals surface area contributed by atoms with Crippen molar-refractivity contribution in [2.24, 2.45) is 0 Å². The third-order valence-electron chi connectivity index (χ3n) is 4.03. The molecule has 1 amide bonds. The van der Waals surface area contributed by atoms with Gasteiger partial charge in [-0.3, -0.25) is 4.79 Å². The maximum Gasteiger partial charge on any atom is 0.270 e. The van der Waals surface area contributed by atoms with Gasteiger partial charge in [0.05, 0.1) is 7.11 Å². The van der Waals surface area contributed by atoms with Crippen molar-refractivity contribution in [1.29, 1.82) is 0 Å². The summed E-state index contributed by atoms with van der Waals surface area (Å²) in [7, 11) is 1.61. The van der Waals surface area contributed by atoms with Crippen molar-refractivity contribution in [3.8, 4) is 5.75 Å². The first-order valence-corrected chi connectivity index (χ1v) is 8.64. The van der Waals surface area contributed by atoms with E-state index in [2.05, 4.69) is 20.6 Å². The highest BCUT2D eigenvalue weighted by molar-refractivity contribution is 5.93. The van der Waals surface area contributed by atoms with Crippen LogP contribution in [-0.4, -0.2) is 23.0 Å². The van der Waals surface area contributed by atoms with E-state index in [1.54, 1.807) is 20.1 Å². The Kier molecular flexibility index (Phi) is 5.66. The molecule has 6 nitrogen and oxygen atoms in total. The third-order valence-corrected chi connectivity index (χ3v) is 4.03. The molecule has 2 N–H and O–H groups in total. The average molecular weight is 362 g/mol. The maximum atomic E-state index is 12.5. The summed E-state index contributed by atoms with van der Waals surface area (Å²) in [6.07, 6.45) is 0. The van der Waals surface area contributed by atoms with Gasteiger partial charge in [-0.15, -0.1) is 0 Å². The molecule has 3 rings (SSSR count). The minimum atomic E-state index is -0.265. The van der Waals surface area contributed by atoms with Crippen LogP contribution in [0.3, 0.4) is 0 Å². The van der Waals surface area contributed by atoms with Crippen LogP contribution in [0.1, 0.15) is 27.4 Å². The van der Waals surface area contributed by atoms with Crippen LogP contribution in [0.4, 0.5) is 11.5 Å². The normalized spacial score (nSPS) is 10.3. The molecule has 27 heavy (non-hydrogen) atoms. The Morgan fingerprint density at radius 1 is 1.04 bits per heavy atom. The molecule has 1 aromatic heterocycles. The Labute approximate surface area is 158 Å². The summed E-state index contributed by atoms with van der Waals surface area (Å²) in [6, 6.07) is 17.2. The van der Waals surface area contributed by atoms with Gasteiger partial charge < -0.3 is 15.4 Å². The van der Waals surface area contributed by atoms with Crippen LogP contribution in [0.15, 0.2) is 54.6 Å². The number of nitrogens with one attached hydrogen (secondary N) is 2. The van der Waals surface area contributed by atoms with Crippen molar-refractivity contribution in [3.63, 3.8) is 0 Å². The van der Waals surface area contributed by atoms with Crippen LogP contribution < -0.4 is 15.4 Å². The summed E-state index contributed by atoms with van der Waals surface area (Å²) >= 11 is 0. The summed E-state index contributed by atoms with van der Waals surface area (Å²) in [5.41, 5.74) is 3.29.